The lowest BCUT2D eigenvalue weighted by molar-refractivity contribution is -0.147. The molecule has 29 heavy (non-hydrogen) atoms. The fourth-order valence-corrected chi connectivity index (χ4v) is 4.19. The van der Waals surface area contributed by atoms with Crippen LogP contribution in [-0.4, -0.2) is 60.3 Å². The summed E-state index contributed by atoms with van der Waals surface area (Å²) in [5.41, 5.74) is 2.62. The molecule has 152 valence electrons. The highest BCUT2D eigenvalue weighted by Crippen LogP contribution is 2.34. The van der Waals surface area contributed by atoms with Crippen LogP contribution in [0.1, 0.15) is 11.1 Å². The summed E-state index contributed by atoms with van der Waals surface area (Å²) in [7, 11) is 0. The van der Waals surface area contributed by atoms with Crippen molar-refractivity contribution in [2.45, 2.75) is 18.4 Å². The number of ether oxygens (including phenoxy) is 1. The van der Waals surface area contributed by atoms with E-state index in [0.29, 0.717) is 31.3 Å². The van der Waals surface area contributed by atoms with E-state index in [1.165, 1.54) is 0 Å². The summed E-state index contributed by atoms with van der Waals surface area (Å²) in [6.07, 6.45) is 0.557. The van der Waals surface area contributed by atoms with Gasteiger partial charge in [-0.15, -0.1) is 0 Å². The number of amides is 1. The first-order chi connectivity index (χ1) is 13.9. The van der Waals surface area contributed by atoms with Crippen LogP contribution >= 0.6 is 11.6 Å². The molecule has 2 aliphatic rings. The summed E-state index contributed by atoms with van der Waals surface area (Å²) in [6.45, 7) is 2.73. The highest BCUT2D eigenvalue weighted by molar-refractivity contribution is 6.30. The zero-order chi connectivity index (χ0) is 20.4. The minimum atomic E-state index is -1.30. The third kappa shape index (κ3) is 4.29. The first-order valence-electron chi connectivity index (χ1n) is 9.67. The van der Waals surface area contributed by atoms with Crippen molar-refractivity contribution >= 4 is 23.5 Å². The van der Waals surface area contributed by atoms with E-state index in [1.54, 1.807) is 0 Å². The van der Waals surface area contributed by atoms with Crippen LogP contribution in [0.5, 0.6) is 0 Å². The molecule has 2 aromatic carbocycles. The van der Waals surface area contributed by atoms with Gasteiger partial charge in [-0.3, -0.25) is 9.69 Å². The van der Waals surface area contributed by atoms with Crippen LogP contribution in [0.25, 0.3) is 11.1 Å². The van der Waals surface area contributed by atoms with Gasteiger partial charge in [0.2, 0.25) is 5.91 Å². The van der Waals surface area contributed by atoms with E-state index in [0.717, 1.165) is 22.3 Å². The lowest BCUT2D eigenvalue weighted by Crippen LogP contribution is -2.57. The van der Waals surface area contributed by atoms with Gasteiger partial charge in [0.25, 0.3) is 0 Å². The quantitative estimate of drug-likeness (QED) is 0.785. The molecule has 2 aromatic rings. The van der Waals surface area contributed by atoms with E-state index in [2.05, 4.69) is 5.32 Å². The van der Waals surface area contributed by atoms with Crippen molar-refractivity contribution in [2.24, 2.45) is 0 Å². The molecular weight excluding hydrogens is 392 g/mol. The lowest BCUT2D eigenvalue weighted by atomic mass is 9.95. The summed E-state index contributed by atoms with van der Waals surface area (Å²) in [5, 5.41) is 13.4. The van der Waals surface area contributed by atoms with Crippen LogP contribution in [0.3, 0.4) is 0 Å². The van der Waals surface area contributed by atoms with Gasteiger partial charge in [-0.2, -0.15) is 0 Å². The Bertz CT molecular complexity index is 925. The molecule has 1 aliphatic carbocycles. The molecule has 1 saturated heterocycles. The van der Waals surface area contributed by atoms with Gasteiger partial charge in [-0.25, -0.2) is 4.79 Å². The lowest BCUT2D eigenvalue weighted by Gasteiger charge is -2.29. The van der Waals surface area contributed by atoms with Crippen molar-refractivity contribution in [3.63, 3.8) is 0 Å². The Kier molecular flexibility index (Phi) is 5.58. The van der Waals surface area contributed by atoms with Crippen LogP contribution in [0.15, 0.2) is 42.5 Å². The Labute approximate surface area is 174 Å². The van der Waals surface area contributed by atoms with Gasteiger partial charge in [0.05, 0.1) is 19.8 Å². The maximum Gasteiger partial charge on any atom is 0.330 e. The standard InChI is InChI=1S/C22H23ClN2O4/c23-19-5-3-15(4-6-19)16-1-2-17-12-22(21(27)28,13-18(17)11-16)24-20(26)14-25-7-9-29-10-8-25/h1-6,11H,7-10,12-14H2,(H,24,26)(H,27,28). The van der Waals surface area contributed by atoms with E-state index in [4.69, 9.17) is 16.3 Å². The number of hydrogen-bond donors (Lipinski definition) is 2. The number of nitrogens with one attached hydrogen (secondary N) is 1. The number of benzene rings is 2. The second kappa shape index (κ2) is 8.14. The van der Waals surface area contributed by atoms with E-state index in [-0.39, 0.29) is 25.3 Å². The highest BCUT2D eigenvalue weighted by Gasteiger charge is 2.45. The Hall–Kier alpha value is -2.41. The van der Waals surface area contributed by atoms with Crippen molar-refractivity contribution < 1.29 is 19.4 Å². The zero-order valence-electron chi connectivity index (χ0n) is 16.0. The molecule has 1 amide bonds. The number of halogens is 1. The molecule has 4 rings (SSSR count). The SMILES string of the molecule is O=C(CN1CCOCC1)NC1(C(=O)O)Cc2ccc(-c3ccc(Cl)cc3)cc2C1. The summed E-state index contributed by atoms with van der Waals surface area (Å²) >= 11 is 5.97. The van der Waals surface area contributed by atoms with Crippen molar-refractivity contribution in [3.8, 4) is 11.1 Å². The summed E-state index contributed by atoms with van der Waals surface area (Å²) in [5.74, 6) is -1.27. The number of nitrogens with zero attached hydrogens (tertiary/aromatic N) is 1. The number of fused-ring (bicyclic) bond motifs is 1. The van der Waals surface area contributed by atoms with Gasteiger partial charge in [-0.05, 0) is 34.4 Å². The average molecular weight is 415 g/mol. The predicted octanol–water partition coefficient (Wildman–Crippen LogP) is 2.38. The van der Waals surface area contributed by atoms with Gasteiger partial charge in [0.15, 0.2) is 0 Å². The maximum absolute atomic E-state index is 12.6. The number of rotatable bonds is 5. The van der Waals surface area contributed by atoms with Gasteiger partial charge in [0, 0.05) is 31.0 Å². The number of aliphatic carboxylic acids is 1. The first kappa shape index (κ1) is 19.9. The molecule has 1 heterocycles. The molecule has 1 atom stereocenters. The van der Waals surface area contributed by atoms with Crippen LogP contribution in [0.2, 0.25) is 5.02 Å². The number of carboxylic acids is 1. The smallest absolute Gasteiger partial charge is 0.330 e. The monoisotopic (exact) mass is 414 g/mol. The van der Waals surface area contributed by atoms with E-state index < -0.39 is 11.5 Å². The maximum atomic E-state index is 12.6. The zero-order valence-corrected chi connectivity index (χ0v) is 16.7. The first-order valence-corrected chi connectivity index (χ1v) is 10.1. The molecule has 0 aromatic heterocycles. The fourth-order valence-electron chi connectivity index (χ4n) is 4.06. The average Bonchev–Trinajstić information content (AvgIpc) is 3.07. The van der Waals surface area contributed by atoms with Crippen LogP contribution < -0.4 is 5.32 Å². The summed E-state index contributed by atoms with van der Waals surface area (Å²) in [4.78, 5) is 26.7. The highest BCUT2D eigenvalue weighted by atomic mass is 35.5. The summed E-state index contributed by atoms with van der Waals surface area (Å²) in [6, 6.07) is 13.5. The van der Waals surface area contributed by atoms with Gasteiger partial charge < -0.3 is 15.2 Å². The molecule has 6 nitrogen and oxygen atoms in total. The van der Waals surface area contributed by atoms with Crippen LogP contribution in [0.4, 0.5) is 0 Å². The summed E-state index contributed by atoms with van der Waals surface area (Å²) < 4.78 is 5.29. The number of hydrogen-bond acceptors (Lipinski definition) is 4. The van der Waals surface area contributed by atoms with Crippen molar-refractivity contribution in [1.82, 2.24) is 10.2 Å². The normalized spacial score (nSPS) is 21.6. The molecule has 0 spiro atoms. The minimum absolute atomic E-state index is 0.185. The number of carboxylic acid groups (broad SMARTS) is 1. The Balaban J connectivity index is 1.51. The number of carbonyl (C=O) groups excluding carboxylic acids is 1. The van der Waals surface area contributed by atoms with Crippen molar-refractivity contribution in [1.29, 1.82) is 0 Å². The predicted molar refractivity (Wildman–Crippen MR) is 110 cm³/mol. The van der Waals surface area contributed by atoms with Crippen LogP contribution in [0, 0.1) is 0 Å². The third-order valence-corrected chi connectivity index (χ3v) is 5.88. The minimum Gasteiger partial charge on any atom is -0.479 e. The molecule has 0 bridgehead atoms. The largest absolute Gasteiger partial charge is 0.479 e. The molecule has 2 N–H and O–H groups in total. The van der Waals surface area contributed by atoms with E-state index in [1.807, 2.05) is 47.4 Å². The Morgan fingerprint density at radius 2 is 1.69 bits per heavy atom. The molecule has 7 heteroatoms. The molecule has 0 radical (unpaired) electrons. The molecular formula is C22H23ClN2O4. The van der Waals surface area contributed by atoms with Gasteiger partial charge in [-0.1, -0.05) is 41.9 Å². The van der Waals surface area contributed by atoms with Crippen LogP contribution in [-0.2, 0) is 27.2 Å². The van der Waals surface area contributed by atoms with Gasteiger partial charge >= 0.3 is 5.97 Å². The Morgan fingerprint density at radius 1 is 1.03 bits per heavy atom. The molecule has 1 aliphatic heterocycles. The fraction of sp³-hybridized carbons (Fsp3) is 0.364. The molecule has 1 unspecified atom stereocenters. The van der Waals surface area contributed by atoms with Crippen molar-refractivity contribution in [3.05, 3.63) is 58.6 Å². The second-order valence-corrected chi connectivity index (χ2v) is 8.10. The van der Waals surface area contributed by atoms with E-state index in [9.17, 15) is 14.7 Å². The molecule has 1 fully saturated rings. The second-order valence-electron chi connectivity index (χ2n) is 7.67. The van der Waals surface area contributed by atoms with Gasteiger partial charge in [0.1, 0.15) is 5.54 Å². The molecule has 0 saturated carbocycles. The van der Waals surface area contributed by atoms with Crippen molar-refractivity contribution in [2.75, 3.05) is 32.8 Å². The number of carbonyl (C=O) groups is 2. The third-order valence-electron chi connectivity index (χ3n) is 5.63. The topological polar surface area (TPSA) is 78.9 Å². The number of morpholine rings is 1. The Morgan fingerprint density at radius 3 is 2.38 bits per heavy atom. The van der Waals surface area contributed by atoms with E-state index >= 15 is 0 Å².